The molecular formula is C61H47BN2S. The first-order valence-corrected chi connectivity index (χ1v) is 24.2. The van der Waals surface area contributed by atoms with Crippen molar-refractivity contribution in [1.82, 2.24) is 0 Å². The molecule has 1 aliphatic carbocycles. The number of benzene rings is 9. The maximum atomic E-state index is 2.76. The highest BCUT2D eigenvalue weighted by atomic mass is 32.1. The molecule has 0 amide bonds. The van der Waals surface area contributed by atoms with Crippen molar-refractivity contribution in [3.8, 4) is 11.1 Å². The Balaban J connectivity index is 1.17. The Hall–Kier alpha value is -6.88. The predicted molar refractivity (Wildman–Crippen MR) is 278 cm³/mol. The van der Waals surface area contributed by atoms with Gasteiger partial charge in [-0.25, -0.2) is 0 Å². The minimum atomic E-state index is -0.577. The van der Waals surface area contributed by atoms with Gasteiger partial charge < -0.3 is 9.71 Å². The van der Waals surface area contributed by atoms with Crippen LogP contribution >= 0.6 is 11.3 Å². The molecule has 1 aromatic heterocycles. The zero-order valence-corrected chi connectivity index (χ0v) is 38.0. The number of hydrogen-bond donors (Lipinski definition) is 0. The molecule has 0 saturated heterocycles. The Labute approximate surface area is 385 Å². The monoisotopic (exact) mass is 850 g/mol. The standard InChI is InChI=1S/C61H47BN2S/c1-59(2)32-33-60(3,4)50-35-41(30-31-47(50)59)64-53-36-45-43-24-13-16-29-54(43)65-55(45)37-44(53)46-34-38-18-11-12-23-42(38)57-56(46)62(64)51-27-17-26-49-58(51)63(57)52-28-15-14-25-48(52)61(49,39-19-7-5-8-20-39)40-21-9-6-10-22-40/h5-31,34-37H,32-33H2,1-4H3. The maximum absolute atomic E-state index is 2.76. The van der Waals surface area contributed by atoms with E-state index in [1.807, 2.05) is 11.3 Å². The Bertz CT molecular complexity index is 3600. The van der Waals surface area contributed by atoms with Gasteiger partial charge in [-0.1, -0.05) is 173 Å². The highest BCUT2D eigenvalue weighted by Gasteiger charge is 2.53. The molecule has 14 rings (SSSR count). The molecule has 0 atom stereocenters. The Morgan fingerprint density at radius 1 is 0.462 bits per heavy atom. The van der Waals surface area contributed by atoms with Crippen LogP contribution in [0.15, 0.2) is 188 Å². The van der Waals surface area contributed by atoms with Gasteiger partial charge in [0.1, 0.15) is 0 Å². The van der Waals surface area contributed by atoms with Crippen molar-refractivity contribution in [1.29, 1.82) is 0 Å². The Morgan fingerprint density at radius 3 is 1.91 bits per heavy atom. The molecule has 65 heavy (non-hydrogen) atoms. The molecule has 9 aromatic carbocycles. The third-order valence-corrected chi connectivity index (χ3v) is 17.1. The van der Waals surface area contributed by atoms with Crippen LogP contribution in [0.5, 0.6) is 0 Å². The molecule has 0 radical (unpaired) electrons. The number of hydrogen-bond acceptors (Lipinski definition) is 3. The Kier molecular flexibility index (Phi) is 7.57. The van der Waals surface area contributed by atoms with Crippen molar-refractivity contribution >= 4 is 88.5 Å². The lowest BCUT2D eigenvalue weighted by atomic mass is 9.42. The molecule has 310 valence electrons. The second-order valence-corrected chi connectivity index (χ2v) is 21.3. The van der Waals surface area contributed by atoms with Crippen molar-refractivity contribution < 1.29 is 0 Å². The van der Waals surface area contributed by atoms with Crippen LogP contribution in [0.3, 0.4) is 0 Å². The van der Waals surface area contributed by atoms with E-state index < -0.39 is 5.41 Å². The fraction of sp³-hybridized carbons (Fsp3) is 0.148. The summed E-state index contributed by atoms with van der Waals surface area (Å²) >= 11 is 1.91. The number of thiophene rings is 1. The van der Waals surface area contributed by atoms with Gasteiger partial charge in [0, 0.05) is 48.2 Å². The summed E-state index contributed by atoms with van der Waals surface area (Å²) in [6, 6.07) is 72.3. The average molecular weight is 851 g/mol. The minimum Gasteiger partial charge on any atom is -0.376 e. The number of rotatable bonds is 3. The first-order chi connectivity index (χ1) is 31.7. The lowest BCUT2D eigenvalue weighted by Crippen LogP contribution is -2.62. The molecule has 0 fully saturated rings. The molecule has 0 N–H and O–H groups in total. The van der Waals surface area contributed by atoms with Crippen LogP contribution in [0.2, 0.25) is 0 Å². The molecule has 4 heteroatoms. The van der Waals surface area contributed by atoms with E-state index in [0.717, 1.165) is 0 Å². The van der Waals surface area contributed by atoms with Crippen molar-refractivity contribution in [2.24, 2.45) is 0 Å². The van der Waals surface area contributed by atoms with E-state index in [9.17, 15) is 0 Å². The van der Waals surface area contributed by atoms with Gasteiger partial charge in [-0.2, -0.15) is 0 Å². The summed E-state index contributed by atoms with van der Waals surface area (Å²) in [5.41, 5.74) is 19.4. The number of para-hydroxylation sites is 2. The van der Waals surface area contributed by atoms with Crippen molar-refractivity contribution in [3.63, 3.8) is 0 Å². The quantitative estimate of drug-likeness (QED) is 0.163. The topological polar surface area (TPSA) is 6.48 Å². The second kappa shape index (κ2) is 13.1. The molecular weight excluding hydrogens is 804 g/mol. The average Bonchev–Trinajstić information content (AvgIpc) is 3.71. The van der Waals surface area contributed by atoms with Gasteiger partial charge in [-0.3, -0.25) is 0 Å². The number of fused-ring (bicyclic) bond motifs is 12. The van der Waals surface area contributed by atoms with Crippen LogP contribution in [-0.2, 0) is 16.2 Å². The van der Waals surface area contributed by atoms with E-state index in [1.54, 1.807) is 0 Å². The van der Waals surface area contributed by atoms with E-state index in [4.69, 9.17) is 0 Å². The maximum Gasteiger partial charge on any atom is 0.333 e. The molecule has 3 aliphatic heterocycles. The minimum absolute atomic E-state index is 0.0518. The molecule has 2 nitrogen and oxygen atoms in total. The zero-order chi connectivity index (χ0) is 43.4. The van der Waals surface area contributed by atoms with Crippen molar-refractivity contribution in [3.05, 3.63) is 221 Å². The summed E-state index contributed by atoms with van der Waals surface area (Å²) < 4.78 is 2.66. The summed E-state index contributed by atoms with van der Waals surface area (Å²) in [5, 5.41) is 5.19. The van der Waals surface area contributed by atoms with E-state index in [1.165, 1.54) is 128 Å². The van der Waals surface area contributed by atoms with Gasteiger partial charge >= 0.3 is 6.85 Å². The Morgan fingerprint density at radius 2 is 1.12 bits per heavy atom. The smallest absolute Gasteiger partial charge is 0.333 e. The first kappa shape index (κ1) is 37.5. The fourth-order valence-electron chi connectivity index (χ4n) is 12.8. The van der Waals surface area contributed by atoms with Crippen LogP contribution in [0, 0.1) is 0 Å². The number of anilines is 5. The van der Waals surface area contributed by atoms with Crippen LogP contribution in [0.25, 0.3) is 42.1 Å². The summed E-state index contributed by atoms with van der Waals surface area (Å²) in [6.45, 7) is 9.70. The van der Waals surface area contributed by atoms with Gasteiger partial charge in [0.2, 0.25) is 0 Å². The van der Waals surface area contributed by atoms with Crippen LogP contribution < -0.4 is 20.6 Å². The third kappa shape index (κ3) is 4.90. The summed E-state index contributed by atoms with van der Waals surface area (Å²) in [6.07, 6.45) is 2.35. The zero-order valence-electron chi connectivity index (χ0n) is 37.2. The molecule has 0 saturated carbocycles. The number of nitrogens with zero attached hydrogens (tertiary/aromatic N) is 2. The molecule has 10 aromatic rings. The van der Waals surface area contributed by atoms with Crippen molar-refractivity contribution in [2.75, 3.05) is 9.71 Å². The van der Waals surface area contributed by atoms with E-state index in [2.05, 4.69) is 225 Å². The second-order valence-electron chi connectivity index (χ2n) is 20.2. The summed E-state index contributed by atoms with van der Waals surface area (Å²) in [4.78, 5) is 5.45. The fourth-order valence-corrected chi connectivity index (χ4v) is 13.9. The van der Waals surface area contributed by atoms with E-state index in [0.29, 0.717) is 0 Å². The van der Waals surface area contributed by atoms with Gasteiger partial charge in [0.05, 0.1) is 16.8 Å². The van der Waals surface area contributed by atoms with Gasteiger partial charge in [0.25, 0.3) is 0 Å². The molecule has 4 heterocycles. The normalized spacial score (nSPS) is 16.8. The third-order valence-electron chi connectivity index (χ3n) is 15.9. The largest absolute Gasteiger partial charge is 0.376 e. The molecule has 0 spiro atoms. The van der Waals surface area contributed by atoms with Crippen LogP contribution in [0.1, 0.15) is 73.9 Å². The molecule has 0 bridgehead atoms. The SMILES string of the molecule is CC1(C)CCC(C)(C)c2cc(N3B4c5cccc6c5N(c5ccccc5C6(c5ccccc5)c5ccccc5)c5c4c(cc4ccccc54)-c4cc5sc6ccccc6c5cc43)ccc21. The summed E-state index contributed by atoms with van der Waals surface area (Å²) in [7, 11) is 0. The van der Waals surface area contributed by atoms with Gasteiger partial charge in [-0.15, -0.1) is 11.3 Å². The lowest BCUT2D eigenvalue weighted by Gasteiger charge is -2.52. The predicted octanol–water partition coefficient (Wildman–Crippen LogP) is 15.0. The summed E-state index contributed by atoms with van der Waals surface area (Å²) in [5.74, 6) is 0. The van der Waals surface area contributed by atoms with Crippen LogP contribution in [-0.4, -0.2) is 6.85 Å². The molecule has 4 aliphatic rings. The van der Waals surface area contributed by atoms with Gasteiger partial charge in [-0.05, 0) is 121 Å². The van der Waals surface area contributed by atoms with Gasteiger partial charge in [0.15, 0.2) is 0 Å². The molecule has 0 unspecified atom stereocenters. The highest BCUT2D eigenvalue weighted by Crippen LogP contribution is 2.60. The van der Waals surface area contributed by atoms with E-state index >= 15 is 0 Å². The first-order valence-electron chi connectivity index (χ1n) is 23.3. The van der Waals surface area contributed by atoms with Crippen LogP contribution in [0.4, 0.5) is 28.4 Å². The highest BCUT2D eigenvalue weighted by molar-refractivity contribution is 7.25. The lowest BCUT2D eigenvalue weighted by molar-refractivity contribution is 0.332. The van der Waals surface area contributed by atoms with Crippen molar-refractivity contribution in [2.45, 2.75) is 56.8 Å². The van der Waals surface area contributed by atoms with E-state index in [-0.39, 0.29) is 17.7 Å².